The van der Waals surface area contributed by atoms with E-state index in [4.69, 9.17) is 9.97 Å². The Bertz CT molecular complexity index is 1820. The second-order valence-corrected chi connectivity index (χ2v) is 8.08. The van der Waals surface area contributed by atoms with Crippen molar-refractivity contribution >= 4 is 54.9 Å². The Balaban J connectivity index is 1.72. The Morgan fingerprint density at radius 1 is 0.600 bits per heavy atom. The molecule has 4 heterocycles. The number of fused-ring (bicyclic) bond motifs is 10. The summed E-state index contributed by atoms with van der Waals surface area (Å²) in [6.07, 6.45) is 0. The standard InChI is InChI=1S/C24H14N4O2/c1-11-3-5-17-19(7-11)27-21(25-17)13-9-14-16(10-15(13)23(27)29)24(30)28-20-8-12(2)4-6-18(20)26-22(14)28/h3-10H,1-2H3. The van der Waals surface area contributed by atoms with Gasteiger partial charge >= 0.3 is 0 Å². The van der Waals surface area contributed by atoms with Crippen molar-refractivity contribution in [2.45, 2.75) is 13.8 Å². The van der Waals surface area contributed by atoms with Gasteiger partial charge in [-0.2, -0.15) is 0 Å². The first kappa shape index (κ1) is 15.8. The average molecular weight is 390 g/mol. The Morgan fingerprint density at radius 2 is 1.03 bits per heavy atom. The molecule has 0 saturated carbocycles. The van der Waals surface area contributed by atoms with E-state index in [1.165, 1.54) is 0 Å². The highest BCUT2D eigenvalue weighted by molar-refractivity contribution is 6.11. The van der Waals surface area contributed by atoms with Gasteiger partial charge in [-0.15, -0.1) is 0 Å². The van der Waals surface area contributed by atoms with Crippen molar-refractivity contribution in [1.29, 1.82) is 0 Å². The molecular weight excluding hydrogens is 376 g/mol. The van der Waals surface area contributed by atoms with Crippen LogP contribution in [0.5, 0.6) is 0 Å². The van der Waals surface area contributed by atoms with Crippen molar-refractivity contribution in [2.24, 2.45) is 0 Å². The summed E-state index contributed by atoms with van der Waals surface area (Å²) in [7, 11) is 0. The number of hydrogen-bond acceptors (Lipinski definition) is 4. The molecule has 6 heteroatoms. The van der Waals surface area contributed by atoms with E-state index in [1.807, 2.05) is 56.3 Å². The first-order valence-electron chi connectivity index (χ1n) is 9.78. The molecule has 3 aromatic carbocycles. The zero-order valence-corrected chi connectivity index (χ0v) is 16.2. The molecule has 4 aromatic heterocycles. The second-order valence-electron chi connectivity index (χ2n) is 8.08. The molecule has 0 spiro atoms. The van der Waals surface area contributed by atoms with Crippen LogP contribution in [-0.4, -0.2) is 18.8 Å². The van der Waals surface area contributed by atoms with Crippen LogP contribution in [0.4, 0.5) is 0 Å². The van der Waals surface area contributed by atoms with Gasteiger partial charge < -0.3 is 0 Å². The predicted octanol–water partition coefficient (Wildman–Crippen LogP) is 3.81. The lowest BCUT2D eigenvalue weighted by Gasteiger charge is -1.93. The lowest BCUT2D eigenvalue weighted by atomic mass is 10.1. The zero-order chi connectivity index (χ0) is 20.3. The third-order valence-corrected chi connectivity index (χ3v) is 6.13. The molecule has 142 valence electrons. The quantitative estimate of drug-likeness (QED) is 0.395. The zero-order valence-electron chi connectivity index (χ0n) is 16.2. The smallest absolute Gasteiger partial charge is 0.264 e. The molecule has 0 aliphatic heterocycles. The summed E-state index contributed by atoms with van der Waals surface area (Å²) in [5.74, 6) is 0. The van der Waals surface area contributed by atoms with E-state index < -0.39 is 0 Å². The van der Waals surface area contributed by atoms with Crippen LogP contribution in [-0.2, 0) is 0 Å². The highest BCUT2D eigenvalue weighted by Crippen LogP contribution is 2.30. The van der Waals surface area contributed by atoms with E-state index >= 15 is 0 Å². The number of hydrogen-bond donors (Lipinski definition) is 0. The molecule has 0 atom stereocenters. The topological polar surface area (TPSA) is 68.7 Å². The van der Waals surface area contributed by atoms with Crippen LogP contribution in [0.2, 0.25) is 0 Å². The molecule has 0 saturated heterocycles. The Labute approximate surface area is 168 Å². The summed E-state index contributed by atoms with van der Waals surface area (Å²) < 4.78 is 3.30. The van der Waals surface area contributed by atoms with Crippen molar-refractivity contribution in [3.63, 3.8) is 0 Å². The molecular formula is C24H14N4O2. The van der Waals surface area contributed by atoms with Crippen LogP contribution in [0.25, 0.3) is 54.9 Å². The average Bonchev–Trinajstić information content (AvgIpc) is 3.42. The molecule has 7 aromatic rings. The summed E-state index contributed by atoms with van der Waals surface area (Å²) in [6.45, 7) is 3.98. The van der Waals surface area contributed by atoms with Crippen LogP contribution < -0.4 is 11.1 Å². The maximum Gasteiger partial charge on any atom is 0.264 e. The Kier molecular flexibility index (Phi) is 2.59. The predicted molar refractivity (Wildman–Crippen MR) is 118 cm³/mol. The summed E-state index contributed by atoms with van der Waals surface area (Å²) >= 11 is 0. The number of aromatic nitrogens is 4. The van der Waals surface area contributed by atoms with E-state index in [0.717, 1.165) is 44.0 Å². The van der Waals surface area contributed by atoms with Crippen molar-refractivity contribution in [2.75, 3.05) is 0 Å². The summed E-state index contributed by atoms with van der Waals surface area (Å²) in [5.41, 5.74) is 6.24. The molecule has 0 bridgehead atoms. The van der Waals surface area contributed by atoms with Gasteiger partial charge in [-0.25, -0.2) is 9.97 Å². The highest BCUT2D eigenvalue weighted by Gasteiger charge is 2.21. The van der Waals surface area contributed by atoms with Crippen molar-refractivity contribution in [3.05, 3.63) is 80.4 Å². The SMILES string of the molecule is Cc1ccc2nc3c4cc5c(cc4c(=O)n3c2c1)c(=O)n1c2cc(C)ccc2nc51. The molecule has 0 unspecified atom stereocenters. The van der Waals surface area contributed by atoms with Gasteiger partial charge in [0.2, 0.25) is 0 Å². The number of imidazole rings is 2. The van der Waals surface area contributed by atoms with Gasteiger partial charge in [0, 0.05) is 10.8 Å². The summed E-state index contributed by atoms with van der Waals surface area (Å²) in [5, 5.41) is 2.52. The number of benzene rings is 3. The van der Waals surface area contributed by atoms with Gasteiger partial charge in [-0.05, 0) is 61.4 Å². The van der Waals surface area contributed by atoms with Crippen LogP contribution >= 0.6 is 0 Å². The first-order chi connectivity index (χ1) is 14.5. The second kappa shape index (κ2) is 4.91. The van der Waals surface area contributed by atoms with Crippen LogP contribution in [0.3, 0.4) is 0 Å². The normalized spacial score (nSPS) is 12.6. The molecule has 0 aliphatic rings. The fourth-order valence-corrected chi connectivity index (χ4v) is 4.71. The number of rotatable bonds is 0. The molecule has 7 rings (SSSR count). The maximum absolute atomic E-state index is 13.2. The van der Waals surface area contributed by atoms with Gasteiger partial charge in [0.15, 0.2) is 0 Å². The van der Waals surface area contributed by atoms with Gasteiger partial charge in [0.1, 0.15) is 11.3 Å². The number of aryl methyl sites for hydroxylation is 2. The fraction of sp³-hybridized carbons (Fsp3) is 0.0833. The Morgan fingerprint density at radius 3 is 1.50 bits per heavy atom. The fourth-order valence-electron chi connectivity index (χ4n) is 4.71. The van der Waals surface area contributed by atoms with Crippen molar-refractivity contribution in [1.82, 2.24) is 18.8 Å². The van der Waals surface area contributed by atoms with Crippen LogP contribution in [0, 0.1) is 13.8 Å². The minimum absolute atomic E-state index is 0.144. The Hall–Kier alpha value is -4.06. The highest BCUT2D eigenvalue weighted by atomic mass is 16.1. The van der Waals surface area contributed by atoms with Crippen molar-refractivity contribution < 1.29 is 0 Å². The van der Waals surface area contributed by atoms with Gasteiger partial charge in [-0.3, -0.25) is 18.4 Å². The van der Waals surface area contributed by atoms with E-state index in [0.29, 0.717) is 22.1 Å². The van der Waals surface area contributed by atoms with E-state index in [2.05, 4.69) is 0 Å². The third-order valence-electron chi connectivity index (χ3n) is 6.13. The van der Waals surface area contributed by atoms with Gasteiger partial charge in [0.25, 0.3) is 11.1 Å². The summed E-state index contributed by atoms with van der Waals surface area (Å²) in [4.78, 5) is 35.9. The van der Waals surface area contributed by atoms with Gasteiger partial charge in [-0.1, -0.05) is 12.1 Å². The molecule has 6 nitrogen and oxygen atoms in total. The summed E-state index contributed by atoms with van der Waals surface area (Å²) in [6, 6.07) is 15.4. The molecule has 0 N–H and O–H groups in total. The molecule has 0 fully saturated rings. The lowest BCUT2D eigenvalue weighted by Crippen LogP contribution is -2.07. The van der Waals surface area contributed by atoms with Crippen LogP contribution in [0.1, 0.15) is 11.1 Å². The van der Waals surface area contributed by atoms with E-state index in [1.54, 1.807) is 14.9 Å². The van der Waals surface area contributed by atoms with Crippen LogP contribution in [0.15, 0.2) is 58.1 Å². The molecule has 30 heavy (non-hydrogen) atoms. The monoisotopic (exact) mass is 390 g/mol. The molecule has 0 radical (unpaired) electrons. The minimum atomic E-state index is -0.144. The van der Waals surface area contributed by atoms with E-state index in [-0.39, 0.29) is 11.1 Å². The number of nitrogens with zero attached hydrogens (tertiary/aromatic N) is 4. The third kappa shape index (κ3) is 1.71. The van der Waals surface area contributed by atoms with Gasteiger partial charge in [0.05, 0.1) is 32.8 Å². The maximum atomic E-state index is 13.2. The largest absolute Gasteiger partial charge is 0.268 e. The first-order valence-corrected chi connectivity index (χ1v) is 9.78. The van der Waals surface area contributed by atoms with E-state index in [9.17, 15) is 9.59 Å². The molecule has 0 amide bonds. The minimum Gasteiger partial charge on any atom is -0.268 e. The lowest BCUT2D eigenvalue weighted by molar-refractivity contribution is 1.21. The van der Waals surface area contributed by atoms with Crippen molar-refractivity contribution in [3.8, 4) is 0 Å². The molecule has 0 aliphatic carbocycles.